The predicted octanol–water partition coefficient (Wildman–Crippen LogP) is 2.17. The third-order valence-corrected chi connectivity index (χ3v) is 2.18. The van der Waals surface area contributed by atoms with Crippen LogP contribution in [0.3, 0.4) is 0 Å². The molecule has 0 aromatic rings. The molecule has 0 spiro atoms. The summed E-state index contributed by atoms with van der Waals surface area (Å²) in [6, 6.07) is 0. The zero-order valence-electron chi connectivity index (χ0n) is 8.78. The second-order valence-corrected chi connectivity index (χ2v) is 3.56. The van der Waals surface area contributed by atoms with Gasteiger partial charge in [-0.15, -0.1) is 0 Å². The van der Waals surface area contributed by atoms with E-state index in [4.69, 9.17) is 0 Å². The predicted molar refractivity (Wildman–Crippen MR) is 53.1 cm³/mol. The second kappa shape index (κ2) is 4.59. The monoisotopic (exact) mass is 220 g/mol. The molecular formula is C10H15F3N2. The Hall–Kier alpha value is -1.13. The first-order chi connectivity index (χ1) is 6.92. The number of hydrogen-bond acceptors (Lipinski definition) is 2. The lowest BCUT2D eigenvalue weighted by Crippen LogP contribution is -2.34. The van der Waals surface area contributed by atoms with Gasteiger partial charge < -0.3 is 10.6 Å². The van der Waals surface area contributed by atoms with Gasteiger partial charge in [0.15, 0.2) is 0 Å². The van der Waals surface area contributed by atoms with Gasteiger partial charge in [-0.2, -0.15) is 13.2 Å². The molecule has 0 aliphatic carbocycles. The summed E-state index contributed by atoms with van der Waals surface area (Å²) < 4.78 is 36.5. The molecule has 1 aliphatic rings. The van der Waals surface area contributed by atoms with Crippen LogP contribution in [0.4, 0.5) is 13.2 Å². The van der Waals surface area contributed by atoms with Crippen molar-refractivity contribution in [3.8, 4) is 0 Å². The summed E-state index contributed by atoms with van der Waals surface area (Å²) in [5.41, 5.74) is 0.317. The lowest BCUT2D eigenvalue weighted by molar-refractivity contribution is -0.0807. The Kier molecular flexibility index (Phi) is 3.66. The smallest absolute Gasteiger partial charge is 0.372 e. The van der Waals surface area contributed by atoms with Crippen molar-refractivity contribution in [2.75, 3.05) is 13.1 Å². The highest BCUT2D eigenvalue weighted by molar-refractivity contribution is 5.29. The van der Waals surface area contributed by atoms with Crippen LogP contribution < -0.4 is 10.6 Å². The van der Waals surface area contributed by atoms with E-state index in [1.165, 1.54) is 6.08 Å². The number of hydrogen-bond donors (Lipinski definition) is 2. The molecule has 1 rings (SSSR count). The molecule has 1 atom stereocenters. The molecule has 0 aromatic carbocycles. The van der Waals surface area contributed by atoms with E-state index in [0.717, 1.165) is 0 Å². The van der Waals surface area contributed by atoms with Crippen molar-refractivity contribution in [1.82, 2.24) is 10.6 Å². The van der Waals surface area contributed by atoms with Crippen LogP contribution in [0.1, 0.15) is 13.8 Å². The highest BCUT2D eigenvalue weighted by Crippen LogP contribution is 2.25. The highest BCUT2D eigenvalue weighted by atomic mass is 19.4. The molecule has 0 fully saturated rings. The van der Waals surface area contributed by atoms with Crippen LogP contribution in [0.15, 0.2) is 23.5 Å². The van der Waals surface area contributed by atoms with Gasteiger partial charge in [-0.25, -0.2) is 0 Å². The van der Waals surface area contributed by atoms with Gasteiger partial charge in [0.25, 0.3) is 0 Å². The minimum atomic E-state index is -4.24. The molecular weight excluding hydrogens is 205 g/mol. The first-order valence-corrected chi connectivity index (χ1v) is 4.91. The normalized spacial score (nSPS) is 24.7. The van der Waals surface area contributed by atoms with E-state index in [0.29, 0.717) is 30.6 Å². The molecule has 0 radical (unpaired) electrons. The number of halogens is 3. The number of rotatable bonds is 2. The number of alkyl halides is 3. The summed E-state index contributed by atoms with van der Waals surface area (Å²) in [7, 11) is 0. The van der Waals surface area contributed by atoms with Crippen LogP contribution in [0.25, 0.3) is 0 Å². The fourth-order valence-corrected chi connectivity index (χ4v) is 1.42. The maximum absolute atomic E-state index is 12.2. The largest absolute Gasteiger partial charge is 0.410 e. The van der Waals surface area contributed by atoms with Gasteiger partial charge in [-0.3, -0.25) is 0 Å². The van der Waals surface area contributed by atoms with Crippen molar-refractivity contribution < 1.29 is 13.2 Å². The number of allylic oxidation sites excluding steroid dienone is 2. The lowest BCUT2D eigenvalue weighted by atomic mass is 9.97. The Bertz CT molecular complexity index is 279. The molecule has 1 aliphatic heterocycles. The van der Waals surface area contributed by atoms with Crippen LogP contribution in [0, 0.1) is 5.92 Å². The fourth-order valence-electron chi connectivity index (χ4n) is 1.42. The Morgan fingerprint density at radius 3 is 2.80 bits per heavy atom. The van der Waals surface area contributed by atoms with E-state index in [-0.39, 0.29) is 5.92 Å². The molecule has 1 heterocycles. The zero-order chi connectivity index (χ0) is 11.5. The standard InChI is InChI=1S/C10H15F3N2/c1-3-14-9-4-8(5-10(11,12)13)7(2)6-15-9/h4-5,7,14-15H,3,6H2,1-2H3/b8-5+/t7-/m0/s1. The Morgan fingerprint density at radius 2 is 2.27 bits per heavy atom. The van der Waals surface area contributed by atoms with Gasteiger partial charge in [0, 0.05) is 19.2 Å². The fraction of sp³-hybridized carbons (Fsp3) is 0.600. The van der Waals surface area contributed by atoms with Crippen molar-refractivity contribution in [2.24, 2.45) is 5.92 Å². The first kappa shape index (κ1) is 11.9. The highest BCUT2D eigenvalue weighted by Gasteiger charge is 2.26. The van der Waals surface area contributed by atoms with E-state index in [2.05, 4.69) is 10.6 Å². The van der Waals surface area contributed by atoms with Crippen molar-refractivity contribution >= 4 is 0 Å². The quantitative estimate of drug-likeness (QED) is 0.745. The summed E-state index contributed by atoms with van der Waals surface area (Å²) >= 11 is 0. The van der Waals surface area contributed by atoms with Crippen LogP contribution in [-0.4, -0.2) is 19.3 Å². The molecule has 2 nitrogen and oxygen atoms in total. The summed E-state index contributed by atoms with van der Waals surface area (Å²) in [6.07, 6.45) is -2.35. The summed E-state index contributed by atoms with van der Waals surface area (Å²) in [6.45, 7) is 4.88. The summed E-state index contributed by atoms with van der Waals surface area (Å²) in [5.74, 6) is 0.542. The van der Waals surface area contributed by atoms with Gasteiger partial charge in [-0.1, -0.05) is 6.92 Å². The van der Waals surface area contributed by atoms with E-state index in [9.17, 15) is 13.2 Å². The Balaban J connectivity index is 2.85. The zero-order valence-corrected chi connectivity index (χ0v) is 8.78. The summed E-state index contributed by atoms with van der Waals surface area (Å²) in [4.78, 5) is 0. The van der Waals surface area contributed by atoms with Gasteiger partial charge in [0.1, 0.15) is 0 Å². The van der Waals surface area contributed by atoms with Crippen molar-refractivity contribution in [1.29, 1.82) is 0 Å². The molecule has 0 saturated carbocycles. The van der Waals surface area contributed by atoms with Gasteiger partial charge in [0.2, 0.25) is 0 Å². The minimum Gasteiger partial charge on any atom is -0.372 e. The third kappa shape index (κ3) is 3.85. The third-order valence-electron chi connectivity index (χ3n) is 2.18. The van der Waals surface area contributed by atoms with E-state index < -0.39 is 6.18 Å². The number of nitrogens with one attached hydrogen (secondary N) is 2. The SMILES string of the molecule is CCNC1=C/C(=C\C(F)(F)F)[C@@H](C)CN1. The minimum absolute atomic E-state index is 0.117. The van der Waals surface area contributed by atoms with Crippen LogP contribution in [-0.2, 0) is 0 Å². The van der Waals surface area contributed by atoms with Crippen LogP contribution in [0.2, 0.25) is 0 Å². The molecule has 2 N–H and O–H groups in total. The van der Waals surface area contributed by atoms with E-state index >= 15 is 0 Å². The average Bonchev–Trinajstić information content (AvgIpc) is 2.09. The van der Waals surface area contributed by atoms with Gasteiger partial charge in [-0.05, 0) is 24.5 Å². The van der Waals surface area contributed by atoms with Crippen molar-refractivity contribution in [3.05, 3.63) is 23.5 Å². The molecule has 86 valence electrons. The van der Waals surface area contributed by atoms with Crippen LogP contribution >= 0.6 is 0 Å². The molecule has 0 aromatic heterocycles. The Morgan fingerprint density at radius 1 is 1.60 bits per heavy atom. The van der Waals surface area contributed by atoms with E-state index in [1.807, 2.05) is 6.92 Å². The first-order valence-electron chi connectivity index (χ1n) is 4.91. The maximum Gasteiger partial charge on any atom is 0.410 e. The molecule has 0 saturated heterocycles. The average molecular weight is 220 g/mol. The molecule has 5 heteroatoms. The molecule has 0 unspecified atom stereocenters. The molecule has 0 amide bonds. The van der Waals surface area contributed by atoms with Gasteiger partial charge in [0.05, 0.1) is 5.82 Å². The molecule has 15 heavy (non-hydrogen) atoms. The van der Waals surface area contributed by atoms with Gasteiger partial charge >= 0.3 is 6.18 Å². The van der Waals surface area contributed by atoms with Crippen LogP contribution in [0.5, 0.6) is 0 Å². The van der Waals surface area contributed by atoms with E-state index in [1.54, 1.807) is 6.92 Å². The topological polar surface area (TPSA) is 24.1 Å². The summed E-state index contributed by atoms with van der Waals surface area (Å²) in [5, 5.41) is 5.99. The second-order valence-electron chi connectivity index (χ2n) is 3.56. The molecule has 0 bridgehead atoms. The Labute approximate surface area is 87.2 Å². The van der Waals surface area contributed by atoms with Crippen molar-refractivity contribution in [2.45, 2.75) is 20.0 Å². The maximum atomic E-state index is 12.2. The van der Waals surface area contributed by atoms with Crippen molar-refractivity contribution in [3.63, 3.8) is 0 Å². The lowest BCUT2D eigenvalue weighted by Gasteiger charge is -2.24.